The number of benzene rings is 1. The molecule has 7 nitrogen and oxygen atoms in total. The van der Waals surface area contributed by atoms with Crippen molar-refractivity contribution in [1.82, 2.24) is 0 Å². The van der Waals surface area contributed by atoms with Crippen LogP contribution in [0.1, 0.15) is 26.3 Å². The number of hydrogen-bond donors (Lipinski definition) is 0. The van der Waals surface area contributed by atoms with Crippen molar-refractivity contribution in [3.63, 3.8) is 0 Å². The Balaban J connectivity index is 1.88. The molecule has 0 spiro atoms. The normalized spacial score (nSPS) is 13.6. The van der Waals surface area contributed by atoms with E-state index < -0.39 is 11.9 Å². The van der Waals surface area contributed by atoms with Gasteiger partial charge in [-0.1, -0.05) is 18.2 Å². The van der Waals surface area contributed by atoms with E-state index in [1.54, 1.807) is 58.3 Å². The second-order valence-corrected chi connectivity index (χ2v) is 5.82. The summed E-state index contributed by atoms with van der Waals surface area (Å²) in [5.41, 5.74) is 1.57. The van der Waals surface area contributed by atoms with Crippen molar-refractivity contribution >= 4 is 18.0 Å². The van der Waals surface area contributed by atoms with Crippen molar-refractivity contribution in [2.45, 2.75) is 20.8 Å². The summed E-state index contributed by atoms with van der Waals surface area (Å²) in [4.78, 5) is 23.8. The van der Waals surface area contributed by atoms with Crippen LogP contribution in [0.25, 0.3) is 6.08 Å². The standard InChI is InChI=1S/C21H24O7/c1-5-14(3)20(22)26-12-16(6-2)21(23)25-9-7-8-15-10-17(24-4)19-18(11-15)27-13-28-19/h5-8,10-11H,9,12-13H2,1-4H3. The van der Waals surface area contributed by atoms with E-state index in [0.29, 0.717) is 22.8 Å². The highest BCUT2D eigenvalue weighted by molar-refractivity contribution is 5.91. The van der Waals surface area contributed by atoms with E-state index >= 15 is 0 Å². The van der Waals surface area contributed by atoms with Crippen LogP contribution in [0.4, 0.5) is 0 Å². The molecule has 0 fully saturated rings. The summed E-state index contributed by atoms with van der Waals surface area (Å²) in [5, 5.41) is 0. The number of hydrogen-bond acceptors (Lipinski definition) is 7. The smallest absolute Gasteiger partial charge is 0.337 e. The predicted molar refractivity (Wildman–Crippen MR) is 103 cm³/mol. The minimum absolute atomic E-state index is 0.0643. The van der Waals surface area contributed by atoms with Crippen LogP contribution in [-0.4, -0.2) is 39.1 Å². The highest BCUT2D eigenvalue weighted by atomic mass is 16.7. The summed E-state index contributed by atoms with van der Waals surface area (Å²) in [7, 11) is 1.55. The number of esters is 2. The molecule has 0 radical (unpaired) electrons. The van der Waals surface area contributed by atoms with Gasteiger partial charge in [-0.25, -0.2) is 9.59 Å². The Morgan fingerprint density at radius 2 is 1.89 bits per heavy atom. The molecule has 0 aromatic heterocycles. The number of allylic oxidation sites excluding steroid dienone is 2. The van der Waals surface area contributed by atoms with Crippen LogP contribution in [0, 0.1) is 0 Å². The topological polar surface area (TPSA) is 80.3 Å². The van der Waals surface area contributed by atoms with Crippen molar-refractivity contribution in [3.05, 3.63) is 47.1 Å². The molecule has 1 aliphatic rings. The summed E-state index contributed by atoms with van der Waals surface area (Å²) < 4.78 is 26.3. The minimum atomic E-state index is -0.540. The van der Waals surface area contributed by atoms with Crippen molar-refractivity contribution in [2.24, 2.45) is 0 Å². The summed E-state index contributed by atoms with van der Waals surface area (Å²) >= 11 is 0. The van der Waals surface area contributed by atoms with E-state index in [1.165, 1.54) is 0 Å². The lowest BCUT2D eigenvalue weighted by Gasteiger charge is -2.08. The molecule has 0 bridgehead atoms. The molecule has 0 unspecified atom stereocenters. The minimum Gasteiger partial charge on any atom is -0.493 e. The largest absolute Gasteiger partial charge is 0.493 e. The van der Waals surface area contributed by atoms with Gasteiger partial charge in [0.15, 0.2) is 11.5 Å². The molecular weight excluding hydrogens is 364 g/mol. The summed E-state index contributed by atoms with van der Waals surface area (Å²) in [6.07, 6.45) is 6.68. The SMILES string of the molecule is CC=C(C)C(=O)OCC(=CC)C(=O)OCC=Cc1cc(OC)c2c(c1)OCO2. The average molecular weight is 388 g/mol. The second-order valence-electron chi connectivity index (χ2n) is 5.82. The fourth-order valence-corrected chi connectivity index (χ4v) is 2.28. The van der Waals surface area contributed by atoms with Crippen LogP contribution in [0.15, 0.2) is 41.5 Å². The first kappa shape index (κ1) is 21.1. The first-order valence-electron chi connectivity index (χ1n) is 8.76. The molecule has 0 atom stereocenters. The van der Waals surface area contributed by atoms with Crippen LogP contribution in [0.2, 0.25) is 0 Å². The summed E-state index contributed by atoms with van der Waals surface area (Å²) in [6.45, 7) is 5.15. The monoisotopic (exact) mass is 388 g/mol. The Labute approximate surface area is 164 Å². The molecule has 7 heteroatoms. The lowest BCUT2D eigenvalue weighted by molar-refractivity contribution is -0.141. The quantitative estimate of drug-likeness (QED) is 0.498. The number of fused-ring (bicyclic) bond motifs is 1. The number of methoxy groups -OCH3 is 1. The molecule has 1 heterocycles. The third-order valence-electron chi connectivity index (χ3n) is 4.03. The first-order valence-corrected chi connectivity index (χ1v) is 8.76. The molecule has 28 heavy (non-hydrogen) atoms. The van der Waals surface area contributed by atoms with Gasteiger partial charge in [0.2, 0.25) is 12.5 Å². The lowest BCUT2D eigenvalue weighted by atomic mass is 10.1. The van der Waals surface area contributed by atoms with E-state index in [4.69, 9.17) is 23.7 Å². The Morgan fingerprint density at radius 3 is 2.57 bits per heavy atom. The van der Waals surface area contributed by atoms with Crippen LogP contribution >= 0.6 is 0 Å². The molecule has 2 rings (SSSR count). The Hall–Kier alpha value is -3.22. The number of rotatable bonds is 8. The van der Waals surface area contributed by atoms with Crippen molar-refractivity contribution in [3.8, 4) is 17.2 Å². The second kappa shape index (κ2) is 10.2. The number of ether oxygens (including phenoxy) is 5. The van der Waals surface area contributed by atoms with Gasteiger partial charge >= 0.3 is 11.9 Å². The highest BCUT2D eigenvalue weighted by Gasteiger charge is 2.19. The fourth-order valence-electron chi connectivity index (χ4n) is 2.28. The van der Waals surface area contributed by atoms with Crippen LogP contribution in [0.5, 0.6) is 17.2 Å². The Bertz CT molecular complexity index is 818. The third kappa shape index (κ3) is 5.39. The van der Waals surface area contributed by atoms with E-state index in [1.807, 2.05) is 6.07 Å². The van der Waals surface area contributed by atoms with Gasteiger partial charge in [0, 0.05) is 5.57 Å². The van der Waals surface area contributed by atoms with Crippen molar-refractivity contribution in [2.75, 3.05) is 27.1 Å². The molecule has 0 amide bonds. The first-order chi connectivity index (χ1) is 13.5. The van der Waals surface area contributed by atoms with Gasteiger partial charge in [-0.2, -0.15) is 0 Å². The van der Waals surface area contributed by atoms with Gasteiger partial charge in [-0.15, -0.1) is 0 Å². The van der Waals surface area contributed by atoms with Crippen LogP contribution in [-0.2, 0) is 19.1 Å². The zero-order chi connectivity index (χ0) is 20.5. The molecule has 1 aliphatic heterocycles. The zero-order valence-corrected chi connectivity index (χ0v) is 16.4. The maximum Gasteiger partial charge on any atom is 0.337 e. The lowest BCUT2D eigenvalue weighted by Crippen LogP contribution is -2.16. The maximum atomic E-state index is 12.1. The third-order valence-corrected chi connectivity index (χ3v) is 4.03. The average Bonchev–Trinajstić information content (AvgIpc) is 3.18. The molecule has 0 N–H and O–H groups in total. The molecular formula is C21H24O7. The summed E-state index contributed by atoms with van der Waals surface area (Å²) in [6, 6.07) is 3.61. The van der Waals surface area contributed by atoms with Crippen molar-refractivity contribution in [1.29, 1.82) is 0 Å². The molecule has 0 aliphatic carbocycles. The van der Waals surface area contributed by atoms with Crippen molar-refractivity contribution < 1.29 is 33.3 Å². The molecule has 0 saturated carbocycles. The van der Waals surface area contributed by atoms with Gasteiger partial charge in [0.1, 0.15) is 13.2 Å². The summed E-state index contributed by atoms with van der Waals surface area (Å²) in [5.74, 6) is 0.741. The molecule has 150 valence electrons. The zero-order valence-electron chi connectivity index (χ0n) is 16.4. The highest BCUT2D eigenvalue weighted by Crippen LogP contribution is 2.42. The molecule has 0 saturated heterocycles. The van der Waals surface area contributed by atoms with E-state index in [2.05, 4.69) is 0 Å². The van der Waals surface area contributed by atoms with Crippen LogP contribution < -0.4 is 14.2 Å². The Morgan fingerprint density at radius 1 is 1.11 bits per heavy atom. The number of carbonyl (C=O) groups is 2. The van der Waals surface area contributed by atoms with Crippen LogP contribution in [0.3, 0.4) is 0 Å². The van der Waals surface area contributed by atoms with Gasteiger partial charge in [-0.05, 0) is 44.5 Å². The van der Waals surface area contributed by atoms with E-state index in [-0.39, 0.29) is 25.6 Å². The van der Waals surface area contributed by atoms with Gasteiger partial charge in [-0.3, -0.25) is 0 Å². The fraction of sp³-hybridized carbons (Fsp3) is 0.333. The predicted octanol–water partition coefficient (Wildman–Crippen LogP) is 3.44. The van der Waals surface area contributed by atoms with E-state index in [0.717, 1.165) is 5.56 Å². The molecule has 1 aromatic rings. The van der Waals surface area contributed by atoms with Gasteiger partial charge in [0.05, 0.1) is 12.7 Å². The Kier molecular flexibility index (Phi) is 7.68. The van der Waals surface area contributed by atoms with Gasteiger partial charge in [0.25, 0.3) is 0 Å². The number of carbonyl (C=O) groups excluding carboxylic acids is 2. The van der Waals surface area contributed by atoms with Gasteiger partial charge < -0.3 is 23.7 Å². The molecule has 1 aromatic carbocycles. The maximum absolute atomic E-state index is 12.1. The van der Waals surface area contributed by atoms with E-state index in [9.17, 15) is 9.59 Å².